The summed E-state index contributed by atoms with van der Waals surface area (Å²) in [6.45, 7) is 3.18. The van der Waals surface area contributed by atoms with Gasteiger partial charge in [0.25, 0.3) is 0 Å². The van der Waals surface area contributed by atoms with E-state index < -0.39 is 0 Å². The number of nitrogens with two attached hydrogens (primary N) is 1. The molecule has 22 heavy (non-hydrogen) atoms. The summed E-state index contributed by atoms with van der Waals surface area (Å²) in [5.74, 6) is -0.288. The number of aromatic nitrogens is 3. The minimum atomic E-state index is -0.288. The molecular weight excluding hydrogens is 276 g/mol. The average Bonchev–Trinajstić information content (AvgIpc) is 2.95. The van der Waals surface area contributed by atoms with Crippen molar-refractivity contribution in [1.82, 2.24) is 15.0 Å². The van der Waals surface area contributed by atoms with Crippen molar-refractivity contribution in [3.05, 3.63) is 11.9 Å². The van der Waals surface area contributed by atoms with E-state index >= 15 is 0 Å². The first-order valence-electron chi connectivity index (χ1n) is 8.89. The van der Waals surface area contributed by atoms with Crippen molar-refractivity contribution in [2.75, 3.05) is 0 Å². The summed E-state index contributed by atoms with van der Waals surface area (Å²) >= 11 is 0. The molecule has 1 aromatic heterocycles. The lowest BCUT2D eigenvalue weighted by Gasteiger charge is -2.02. The van der Waals surface area contributed by atoms with E-state index in [0.717, 1.165) is 18.7 Å². The van der Waals surface area contributed by atoms with E-state index in [4.69, 9.17) is 5.73 Å². The van der Waals surface area contributed by atoms with Gasteiger partial charge in [0.15, 0.2) is 0 Å². The fourth-order valence-corrected chi connectivity index (χ4v) is 2.57. The van der Waals surface area contributed by atoms with Gasteiger partial charge in [-0.25, -0.2) is 0 Å². The van der Waals surface area contributed by atoms with Crippen LogP contribution in [0.1, 0.15) is 83.2 Å². The molecule has 5 heteroatoms. The van der Waals surface area contributed by atoms with Crippen LogP contribution in [-0.4, -0.2) is 20.9 Å². The number of carbonyl (C=O) groups is 1. The molecule has 0 aliphatic rings. The van der Waals surface area contributed by atoms with Gasteiger partial charge in [-0.1, -0.05) is 69.9 Å². The zero-order valence-electron chi connectivity index (χ0n) is 14.1. The van der Waals surface area contributed by atoms with Crippen LogP contribution in [0.25, 0.3) is 0 Å². The summed E-state index contributed by atoms with van der Waals surface area (Å²) in [7, 11) is 0. The lowest BCUT2D eigenvalue weighted by Crippen LogP contribution is -2.11. The minimum Gasteiger partial charge on any atom is -0.370 e. The third-order valence-corrected chi connectivity index (χ3v) is 3.95. The predicted octanol–water partition coefficient (Wildman–Crippen LogP) is 3.62. The number of rotatable bonds is 14. The number of carbonyl (C=O) groups excluding carboxylic acids is 1. The number of hydrogen-bond donors (Lipinski definition) is 1. The topological polar surface area (TPSA) is 73.8 Å². The van der Waals surface area contributed by atoms with Crippen molar-refractivity contribution in [2.24, 2.45) is 5.73 Å². The molecule has 0 saturated carbocycles. The molecule has 0 aliphatic carbocycles. The Balaban J connectivity index is 1.95. The molecule has 0 atom stereocenters. The third-order valence-electron chi connectivity index (χ3n) is 3.95. The van der Waals surface area contributed by atoms with Crippen molar-refractivity contribution in [3.8, 4) is 0 Å². The van der Waals surface area contributed by atoms with Gasteiger partial charge < -0.3 is 5.73 Å². The third kappa shape index (κ3) is 9.53. The van der Waals surface area contributed by atoms with Gasteiger partial charge in [0.2, 0.25) is 5.91 Å². The number of unbranched alkanes of at least 4 members (excludes halogenated alkanes) is 9. The maximum Gasteiger partial charge on any atom is 0.217 e. The molecule has 0 bridgehead atoms. The maximum absolute atomic E-state index is 10.7. The summed E-state index contributed by atoms with van der Waals surface area (Å²) in [6.07, 6.45) is 16.2. The average molecular weight is 308 g/mol. The van der Waals surface area contributed by atoms with Crippen LogP contribution >= 0.6 is 0 Å². The van der Waals surface area contributed by atoms with Crippen LogP contribution in [0.15, 0.2) is 6.20 Å². The molecule has 0 fully saturated rings. The summed E-state index contributed by atoms with van der Waals surface area (Å²) in [4.78, 5) is 10.7. The minimum absolute atomic E-state index is 0.288. The quantitative estimate of drug-likeness (QED) is 0.533. The molecule has 0 aliphatic heterocycles. The molecule has 2 N–H and O–H groups in total. The van der Waals surface area contributed by atoms with Crippen LogP contribution in [0, 0.1) is 0 Å². The van der Waals surface area contributed by atoms with Gasteiger partial charge >= 0.3 is 0 Å². The summed E-state index contributed by atoms with van der Waals surface area (Å²) in [6, 6.07) is 0. The van der Waals surface area contributed by atoms with Crippen molar-refractivity contribution in [2.45, 2.75) is 90.5 Å². The summed E-state index contributed by atoms with van der Waals surface area (Å²) < 4.78 is 1.88. The number of nitrogens with zero attached hydrogens (tertiary/aromatic N) is 3. The molecule has 0 radical (unpaired) electrons. The van der Waals surface area contributed by atoms with E-state index in [9.17, 15) is 4.79 Å². The van der Waals surface area contributed by atoms with E-state index in [1.165, 1.54) is 57.8 Å². The number of hydrogen-bond acceptors (Lipinski definition) is 3. The van der Waals surface area contributed by atoms with Gasteiger partial charge in [-0.2, -0.15) is 0 Å². The normalized spacial score (nSPS) is 11.0. The Bertz CT molecular complexity index is 403. The Labute approximate surface area is 134 Å². The fourth-order valence-electron chi connectivity index (χ4n) is 2.57. The van der Waals surface area contributed by atoms with Crippen molar-refractivity contribution >= 4 is 5.91 Å². The summed E-state index contributed by atoms with van der Waals surface area (Å²) in [5.41, 5.74) is 5.98. The van der Waals surface area contributed by atoms with Gasteiger partial charge in [0.1, 0.15) is 0 Å². The second-order valence-electron chi connectivity index (χ2n) is 6.12. The number of primary amides is 1. The molecular formula is C17H32N4O. The molecule has 1 rings (SSSR count). The first-order chi connectivity index (χ1) is 10.7. The first-order valence-corrected chi connectivity index (χ1v) is 8.89. The molecule has 126 valence electrons. The lowest BCUT2D eigenvalue weighted by atomic mass is 10.1. The Morgan fingerprint density at radius 1 is 1.05 bits per heavy atom. The maximum atomic E-state index is 10.7. The second-order valence-corrected chi connectivity index (χ2v) is 6.12. The highest BCUT2D eigenvalue weighted by molar-refractivity contribution is 5.73. The largest absolute Gasteiger partial charge is 0.370 e. The molecule has 0 aromatic carbocycles. The molecule has 0 spiro atoms. The van der Waals surface area contributed by atoms with Gasteiger partial charge in [0.05, 0.1) is 5.69 Å². The van der Waals surface area contributed by atoms with Crippen molar-refractivity contribution in [3.63, 3.8) is 0 Å². The van der Waals surface area contributed by atoms with Gasteiger partial charge in [-0.05, 0) is 6.42 Å². The molecule has 5 nitrogen and oxygen atoms in total. The Morgan fingerprint density at radius 3 is 2.23 bits per heavy atom. The fraction of sp³-hybridized carbons (Fsp3) is 0.824. The van der Waals surface area contributed by atoms with E-state index in [1.54, 1.807) is 0 Å². The standard InChI is InChI=1S/C17H32N4O/c1-2-3-4-5-6-7-8-9-10-11-14-21-15-16(19-20-21)12-13-17(18)22/h15H,2-14H2,1H3,(H2,18,22). The van der Waals surface area contributed by atoms with E-state index in [0.29, 0.717) is 12.8 Å². The van der Waals surface area contributed by atoms with Gasteiger partial charge in [0, 0.05) is 25.6 Å². The van der Waals surface area contributed by atoms with E-state index in [1.807, 2.05) is 10.9 Å². The number of aryl methyl sites for hydroxylation is 2. The molecule has 0 unspecified atom stereocenters. The van der Waals surface area contributed by atoms with Gasteiger partial charge in [-0.15, -0.1) is 5.10 Å². The monoisotopic (exact) mass is 308 g/mol. The Kier molecular flexibility index (Phi) is 10.3. The molecule has 1 aromatic rings. The van der Waals surface area contributed by atoms with Crippen LogP contribution in [0.5, 0.6) is 0 Å². The van der Waals surface area contributed by atoms with Crippen LogP contribution in [0.2, 0.25) is 0 Å². The zero-order chi connectivity index (χ0) is 16.0. The van der Waals surface area contributed by atoms with Gasteiger partial charge in [-0.3, -0.25) is 9.48 Å². The predicted molar refractivity (Wildman–Crippen MR) is 89.4 cm³/mol. The molecule has 1 amide bonds. The van der Waals surface area contributed by atoms with E-state index in [2.05, 4.69) is 17.2 Å². The highest BCUT2D eigenvalue weighted by Crippen LogP contribution is 2.11. The lowest BCUT2D eigenvalue weighted by molar-refractivity contribution is -0.118. The summed E-state index contributed by atoms with van der Waals surface area (Å²) in [5, 5.41) is 8.14. The van der Waals surface area contributed by atoms with Crippen LogP contribution in [0.4, 0.5) is 0 Å². The highest BCUT2D eigenvalue weighted by Gasteiger charge is 2.02. The SMILES string of the molecule is CCCCCCCCCCCCn1cc(CCC(N)=O)nn1. The van der Waals surface area contributed by atoms with Crippen molar-refractivity contribution < 1.29 is 4.79 Å². The van der Waals surface area contributed by atoms with Crippen molar-refractivity contribution in [1.29, 1.82) is 0 Å². The second kappa shape index (κ2) is 12.2. The molecule has 1 heterocycles. The van der Waals surface area contributed by atoms with E-state index in [-0.39, 0.29) is 5.91 Å². The zero-order valence-corrected chi connectivity index (χ0v) is 14.1. The first kappa shape index (κ1) is 18.7. The van der Waals surface area contributed by atoms with Crippen LogP contribution < -0.4 is 5.73 Å². The highest BCUT2D eigenvalue weighted by atomic mass is 16.1. The number of amides is 1. The van der Waals surface area contributed by atoms with Crippen LogP contribution in [0.3, 0.4) is 0 Å². The Morgan fingerprint density at radius 2 is 1.64 bits per heavy atom. The Hall–Kier alpha value is -1.39. The molecule has 0 saturated heterocycles. The smallest absolute Gasteiger partial charge is 0.217 e. The van der Waals surface area contributed by atoms with Crippen LogP contribution in [-0.2, 0) is 17.8 Å².